The maximum absolute atomic E-state index is 12.1. The number of carbonyl (C=O) groups is 2. The highest BCUT2D eigenvalue weighted by Crippen LogP contribution is 2.31. The summed E-state index contributed by atoms with van der Waals surface area (Å²) in [5.41, 5.74) is 0. The molecule has 1 aromatic heterocycles. The minimum atomic E-state index is -0.979. The lowest BCUT2D eigenvalue weighted by atomic mass is 9.79. The number of rotatable bonds is 6. The number of carboxylic acid groups (broad SMARTS) is 1. The van der Waals surface area contributed by atoms with Gasteiger partial charge in [-0.2, -0.15) is 0 Å². The first-order chi connectivity index (χ1) is 10.9. The summed E-state index contributed by atoms with van der Waals surface area (Å²) in [5, 5.41) is 20.0. The molecule has 9 heteroatoms. The average Bonchev–Trinajstić information content (AvgIpc) is 2.88. The summed E-state index contributed by atoms with van der Waals surface area (Å²) in [6, 6.07) is 0. The van der Waals surface area contributed by atoms with Gasteiger partial charge in [0.25, 0.3) is 0 Å². The molecule has 1 aliphatic rings. The molecule has 1 saturated carbocycles. The number of aryl methyl sites for hydroxylation is 1. The lowest BCUT2D eigenvalue weighted by Gasteiger charge is -2.26. The largest absolute Gasteiger partial charge is 0.481 e. The van der Waals surface area contributed by atoms with Crippen LogP contribution in [0.3, 0.4) is 0 Å². The molecule has 0 bridgehead atoms. The van der Waals surface area contributed by atoms with Crippen molar-refractivity contribution in [3.05, 3.63) is 22.1 Å². The second kappa shape index (κ2) is 7.21. The Morgan fingerprint density at radius 2 is 2.09 bits per heavy atom. The number of carbonyl (C=O) groups excluding carboxylic acids is 1. The summed E-state index contributed by atoms with van der Waals surface area (Å²) in [5.74, 6) is -2.58. The number of nitro groups is 1. The molecular weight excluding hydrogens is 306 g/mol. The van der Waals surface area contributed by atoms with Gasteiger partial charge in [0.15, 0.2) is 5.82 Å². The molecule has 1 N–H and O–H groups in total. The number of imidazole rings is 1. The first kappa shape index (κ1) is 16.9. The van der Waals surface area contributed by atoms with Gasteiger partial charge >= 0.3 is 17.8 Å². The van der Waals surface area contributed by atoms with Gasteiger partial charge in [-0.05, 0) is 17.8 Å². The Bertz CT molecular complexity index is 612. The zero-order valence-electron chi connectivity index (χ0n) is 12.8. The topological polar surface area (TPSA) is 125 Å². The van der Waals surface area contributed by atoms with Crippen molar-refractivity contribution in [2.45, 2.75) is 39.2 Å². The summed E-state index contributed by atoms with van der Waals surface area (Å²) in [6.45, 7) is 1.68. The van der Waals surface area contributed by atoms with E-state index in [1.54, 1.807) is 6.92 Å². The Balaban J connectivity index is 1.93. The van der Waals surface area contributed by atoms with Crippen molar-refractivity contribution < 1.29 is 24.4 Å². The summed E-state index contributed by atoms with van der Waals surface area (Å²) in [7, 11) is 0. The summed E-state index contributed by atoms with van der Waals surface area (Å²) < 4.78 is 6.50. The lowest BCUT2D eigenvalue weighted by molar-refractivity contribution is -0.392. The fourth-order valence-corrected chi connectivity index (χ4v) is 2.93. The van der Waals surface area contributed by atoms with E-state index in [9.17, 15) is 24.8 Å². The number of aromatic nitrogens is 2. The third kappa shape index (κ3) is 3.85. The van der Waals surface area contributed by atoms with Crippen molar-refractivity contribution in [1.29, 1.82) is 0 Å². The zero-order chi connectivity index (χ0) is 17.0. The fraction of sp³-hybridized carbons (Fsp3) is 0.643. The third-order valence-corrected chi connectivity index (χ3v) is 4.17. The van der Waals surface area contributed by atoms with E-state index >= 15 is 0 Å². The molecule has 9 nitrogen and oxygen atoms in total. The highest BCUT2D eigenvalue weighted by Gasteiger charge is 2.36. The van der Waals surface area contributed by atoms with Crippen LogP contribution in [0, 0.1) is 28.9 Å². The van der Waals surface area contributed by atoms with E-state index in [0.717, 1.165) is 19.0 Å². The molecule has 0 spiro atoms. The van der Waals surface area contributed by atoms with E-state index in [4.69, 9.17) is 4.74 Å². The van der Waals surface area contributed by atoms with Crippen LogP contribution in [0.2, 0.25) is 0 Å². The molecule has 2 atom stereocenters. The Kier molecular flexibility index (Phi) is 5.30. The normalized spacial score (nSPS) is 20.9. The van der Waals surface area contributed by atoms with Crippen LogP contribution in [0.1, 0.15) is 31.5 Å². The number of esters is 1. The molecule has 0 amide bonds. The van der Waals surface area contributed by atoms with Gasteiger partial charge in [0.05, 0.1) is 11.8 Å². The zero-order valence-corrected chi connectivity index (χ0v) is 12.8. The number of hydrogen-bond donors (Lipinski definition) is 1. The maximum atomic E-state index is 12.1. The monoisotopic (exact) mass is 325 g/mol. The number of hydrogen-bond acceptors (Lipinski definition) is 6. The Labute approximate surface area is 132 Å². The van der Waals surface area contributed by atoms with Crippen LogP contribution in [-0.2, 0) is 20.9 Å². The number of nitrogens with zero attached hydrogens (tertiary/aromatic N) is 3. The van der Waals surface area contributed by atoms with Gasteiger partial charge in [0.1, 0.15) is 19.3 Å². The highest BCUT2D eigenvalue weighted by atomic mass is 16.6. The fourth-order valence-electron chi connectivity index (χ4n) is 2.93. The molecule has 1 aromatic rings. The van der Waals surface area contributed by atoms with Crippen LogP contribution in [0.5, 0.6) is 0 Å². The van der Waals surface area contributed by atoms with Crippen LogP contribution >= 0.6 is 0 Å². The number of carboxylic acids is 1. The quantitative estimate of drug-likeness (QED) is 0.477. The van der Waals surface area contributed by atoms with E-state index in [1.165, 1.54) is 4.57 Å². The molecule has 0 radical (unpaired) electrons. The van der Waals surface area contributed by atoms with Crippen LogP contribution < -0.4 is 0 Å². The smallest absolute Gasteiger partial charge is 0.342 e. The van der Waals surface area contributed by atoms with Crippen LogP contribution in [0.25, 0.3) is 0 Å². The van der Waals surface area contributed by atoms with Gasteiger partial charge in [-0.25, -0.2) is 9.55 Å². The van der Waals surface area contributed by atoms with Crippen molar-refractivity contribution >= 4 is 17.8 Å². The summed E-state index contributed by atoms with van der Waals surface area (Å²) in [4.78, 5) is 37.5. The molecular formula is C14H19N3O6. The molecule has 1 fully saturated rings. The van der Waals surface area contributed by atoms with Crippen molar-refractivity contribution in [2.75, 3.05) is 6.61 Å². The molecule has 2 rings (SSSR count). The van der Waals surface area contributed by atoms with E-state index < -0.39 is 28.7 Å². The molecule has 23 heavy (non-hydrogen) atoms. The van der Waals surface area contributed by atoms with Crippen LogP contribution in [0.15, 0.2) is 6.20 Å². The van der Waals surface area contributed by atoms with Crippen molar-refractivity contribution in [1.82, 2.24) is 9.55 Å². The molecule has 2 unspecified atom stereocenters. The van der Waals surface area contributed by atoms with Crippen LogP contribution in [-0.4, -0.2) is 38.1 Å². The minimum Gasteiger partial charge on any atom is -0.481 e. The van der Waals surface area contributed by atoms with Gasteiger partial charge in [0.2, 0.25) is 0 Å². The summed E-state index contributed by atoms with van der Waals surface area (Å²) >= 11 is 0. The predicted octanol–water partition coefficient (Wildman–Crippen LogP) is 1.53. The second-order valence-corrected chi connectivity index (χ2v) is 5.58. The van der Waals surface area contributed by atoms with E-state index in [2.05, 4.69) is 4.98 Å². The SMILES string of the molecule is Cc1ncc([N+](=O)[O-])n1CCOC(=O)C1CCCCC1C(=O)O. The second-order valence-electron chi connectivity index (χ2n) is 5.58. The standard InChI is InChI=1S/C14H19N3O6/c1-9-15-8-12(17(21)22)16(9)6-7-23-14(20)11-5-3-2-4-10(11)13(18)19/h8,10-11H,2-7H2,1H3,(H,18,19). The number of ether oxygens (including phenoxy) is 1. The Morgan fingerprint density at radius 1 is 1.43 bits per heavy atom. The molecule has 1 heterocycles. The molecule has 1 aliphatic carbocycles. The minimum absolute atomic E-state index is 0.0558. The van der Waals surface area contributed by atoms with Crippen molar-refractivity contribution in [3.63, 3.8) is 0 Å². The maximum Gasteiger partial charge on any atom is 0.342 e. The molecule has 0 aliphatic heterocycles. The van der Waals surface area contributed by atoms with Gasteiger partial charge in [-0.15, -0.1) is 0 Å². The van der Waals surface area contributed by atoms with Gasteiger partial charge < -0.3 is 20.0 Å². The third-order valence-electron chi connectivity index (χ3n) is 4.17. The first-order valence-corrected chi connectivity index (χ1v) is 7.47. The van der Waals surface area contributed by atoms with E-state index in [1.807, 2.05) is 0 Å². The van der Waals surface area contributed by atoms with Gasteiger partial charge in [0, 0.05) is 6.92 Å². The highest BCUT2D eigenvalue weighted by molar-refractivity contribution is 5.81. The molecule has 126 valence electrons. The van der Waals surface area contributed by atoms with Gasteiger partial charge in [-0.3, -0.25) is 9.59 Å². The van der Waals surface area contributed by atoms with E-state index in [0.29, 0.717) is 18.7 Å². The first-order valence-electron chi connectivity index (χ1n) is 7.47. The summed E-state index contributed by atoms with van der Waals surface area (Å²) in [6.07, 6.45) is 3.72. The Hall–Kier alpha value is -2.45. The van der Waals surface area contributed by atoms with Crippen molar-refractivity contribution in [2.24, 2.45) is 11.8 Å². The lowest BCUT2D eigenvalue weighted by Crippen LogP contribution is -2.34. The van der Waals surface area contributed by atoms with Crippen molar-refractivity contribution in [3.8, 4) is 0 Å². The molecule has 0 aromatic carbocycles. The van der Waals surface area contributed by atoms with Gasteiger partial charge in [-0.1, -0.05) is 12.8 Å². The predicted molar refractivity (Wildman–Crippen MR) is 77.7 cm³/mol. The van der Waals surface area contributed by atoms with E-state index in [-0.39, 0.29) is 19.0 Å². The average molecular weight is 325 g/mol. The Morgan fingerprint density at radius 3 is 2.70 bits per heavy atom. The van der Waals surface area contributed by atoms with Crippen LogP contribution in [0.4, 0.5) is 5.82 Å². The molecule has 0 saturated heterocycles. The number of aliphatic carboxylic acids is 1.